The number of halogens is 2. The Morgan fingerprint density at radius 1 is 0.943 bits per heavy atom. The second-order valence-electron chi connectivity index (χ2n) is 7.52. The number of amides is 1. The molecular weight excluding hydrogens is 580 g/mol. The molecule has 0 unspecified atom stereocenters. The van der Waals surface area contributed by atoms with Gasteiger partial charge in [0.1, 0.15) is 18.1 Å². The molecule has 0 fully saturated rings. The lowest BCUT2D eigenvalue weighted by Crippen LogP contribution is -2.17. The Labute approximate surface area is 217 Å². The first-order chi connectivity index (χ1) is 16.8. The van der Waals surface area contributed by atoms with E-state index in [0.717, 1.165) is 16.3 Å². The Kier molecular flexibility index (Phi) is 7.48. The van der Waals surface area contributed by atoms with Crippen LogP contribution in [0.2, 0.25) is 0 Å². The molecule has 0 heterocycles. The van der Waals surface area contributed by atoms with E-state index in [9.17, 15) is 14.7 Å². The van der Waals surface area contributed by atoms with Gasteiger partial charge in [-0.2, -0.15) is 5.10 Å². The van der Waals surface area contributed by atoms with E-state index in [1.807, 2.05) is 24.3 Å². The average Bonchev–Trinajstić information content (AvgIpc) is 2.83. The fraction of sp³-hybridized carbons (Fsp3) is 0.0385. The number of hydrogen-bond donors (Lipinski definition) is 3. The Bertz CT molecular complexity index is 1430. The Morgan fingerprint density at radius 2 is 1.57 bits per heavy atom. The highest BCUT2D eigenvalue weighted by atomic mass is 79.9. The molecule has 0 aliphatic rings. The number of nitrogens with zero attached hydrogens (tertiary/aromatic N) is 1. The molecule has 0 bridgehead atoms. The van der Waals surface area contributed by atoms with Crippen LogP contribution in [0.25, 0.3) is 10.8 Å². The molecule has 0 saturated heterocycles. The van der Waals surface area contributed by atoms with Gasteiger partial charge in [0.05, 0.1) is 26.3 Å². The Morgan fingerprint density at radius 3 is 2.20 bits per heavy atom. The van der Waals surface area contributed by atoms with Gasteiger partial charge in [-0.25, -0.2) is 10.2 Å². The molecule has 0 aliphatic carbocycles. The molecule has 4 rings (SSSR count). The topological polar surface area (TPSA) is 108 Å². The molecule has 4 aromatic carbocycles. The van der Waals surface area contributed by atoms with Crippen molar-refractivity contribution < 1.29 is 24.5 Å². The first kappa shape index (κ1) is 24.4. The number of fused-ring (bicyclic) bond motifs is 1. The summed E-state index contributed by atoms with van der Waals surface area (Å²) in [5, 5.41) is 24.9. The number of rotatable bonds is 7. The summed E-state index contributed by atoms with van der Waals surface area (Å²) in [6.45, 7) is 0.246. The Hall–Kier alpha value is -3.69. The maximum Gasteiger partial charge on any atom is 0.335 e. The summed E-state index contributed by atoms with van der Waals surface area (Å²) < 4.78 is 7.20. The van der Waals surface area contributed by atoms with Crippen molar-refractivity contribution in [1.82, 2.24) is 5.43 Å². The van der Waals surface area contributed by atoms with Gasteiger partial charge < -0.3 is 14.9 Å². The zero-order chi connectivity index (χ0) is 24.9. The lowest BCUT2D eigenvalue weighted by Gasteiger charge is -2.11. The fourth-order valence-corrected chi connectivity index (χ4v) is 4.78. The summed E-state index contributed by atoms with van der Waals surface area (Å²) >= 11 is 6.95. The highest BCUT2D eigenvalue weighted by molar-refractivity contribution is 9.11. The smallest absolute Gasteiger partial charge is 0.335 e. The number of aromatic carboxylic acids is 1. The standard InChI is InChI=1S/C26H18Br2N2O5/c27-21-9-16(10-22(28)24(21)35-14-15-5-7-17(8-6-15)26(33)34)13-29-30-25(32)20-11-18-3-1-2-4-19(18)12-23(20)31/h1-13,31H,14H2,(H,30,32)(H,33,34). The van der Waals surface area contributed by atoms with Crippen molar-refractivity contribution in [3.63, 3.8) is 0 Å². The molecule has 4 aromatic rings. The average molecular weight is 598 g/mol. The number of phenols is 1. The van der Waals surface area contributed by atoms with Gasteiger partial charge in [-0.15, -0.1) is 0 Å². The zero-order valence-electron chi connectivity index (χ0n) is 18.0. The third-order valence-corrected chi connectivity index (χ3v) is 6.27. The SMILES string of the molecule is O=C(O)c1ccc(COc2c(Br)cc(C=NNC(=O)c3cc4ccccc4cc3O)cc2Br)cc1. The fourth-order valence-electron chi connectivity index (χ4n) is 3.33. The van der Waals surface area contributed by atoms with E-state index in [2.05, 4.69) is 42.4 Å². The number of benzene rings is 4. The predicted molar refractivity (Wildman–Crippen MR) is 140 cm³/mol. The van der Waals surface area contributed by atoms with E-state index in [0.29, 0.717) is 20.3 Å². The van der Waals surface area contributed by atoms with Crippen LogP contribution in [0.1, 0.15) is 31.8 Å². The molecule has 7 nitrogen and oxygen atoms in total. The maximum atomic E-state index is 12.5. The summed E-state index contributed by atoms with van der Waals surface area (Å²) in [6, 6.07) is 20.6. The lowest BCUT2D eigenvalue weighted by atomic mass is 10.1. The number of ether oxygens (including phenoxy) is 1. The van der Waals surface area contributed by atoms with Crippen molar-refractivity contribution in [3.8, 4) is 11.5 Å². The van der Waals surface area contributed by atoms with Crippen molar-refractivity contribution in [2.75, 3.05) is 0 Å². The van der Waals surface area contributed by atoms with Crippen LogP contribution in [0.4, 0.5) is 0 Å². The van der Waals surface area contributed by atoms with Gasteiger partial charge in [0.15, 0.2) is 0 Å². The summed E-state index contributed by atoms with van der Waals surface area (Å²) in [5.74, 6) is -1.07. The predicted octanol–water partition coefficient (Wildman–Crippen LogP) is 6.11. The first-order valence-electron chi connectivity index (χ1n) is 10.3. The van der Waals surface area contributed by atoms with E-state index in [4.69, 9.17) is 9.84 Å². The monoisotopic (exact) mass is 596 g/mol. The largest absolute Gasteiger partial charge is 0.507 e. The molecular formula is C26H18Br2N2O5. The van der Waals surface area contributed by atoms with Crippen LogP contribution in [-0.4, -0.2) is 28.3 Å². The molecule has 0 atom stereocenters. The minimum atomic E-state index is -0.981. The van der Waals surface area contributed by atoms with Crippen LogP contribution in [0.3, 0.4) is 0 Å². The molecule has 0 aromatic heterocycles. The van der Waals surface area contributed by atoms with Gasteiger partial charge in [-0.3, -0.25) is 4.79 Å². The number of aromatic hydroxyl groups is 1. The maximum absolute atomic E-state index is 12.5. The summed E-state index contributed by atoms with van der Waals surface area (Å²) in [7, 11) is 0. The van der Waals surface area contributed by atoms with E-state index in [1.54, 1.807) is 36.4 Å². The first-order valence-corrected chi connectivity index (χ1v) is 11.9. The van der Waals surface area contributed by atoms with E-state index >= 15 is 0 Å². The Balaban J connectivity index is 1.42. The van der Waals surface area contributed by atoms with Crippen LogP contribution in [-0.2, 0) is 6.61 Å². The van der Waals surface area contributed by atoms with Crippen molar-refractivity contribution >= 4 is 60.7 Å². The number of carboxylic acid groups (broad SMARTS) is 1. The van der Waals surface area contributed by atoms with Crippen LogP contribution >= 0.6 is 31.9 Å². The van der Waals surface area contributed by atoms with Crippen molar-refractivity contribution in [2.45, 2.75) is 6.61 Å². The molecule has 0 radical (unpaired) electrons. The molecule has 0 aliphatic heterocycles. The number of hydrogen-bond acceptors (Lipinski definition) is 5. The minimum Gasteiger partial charge on any atom is -0.507 e. The van der Waals surface area contributed by atoms with Gasteiger partial charge in [-0.1, -0.05) is 36.4 Å². The van der Waals surface area contributed by atoms with Gasteiger partial charge in [0, 0.05) is 0 Å². The molecule has 0 saturated carbocycles. The van der Waals surface area contributed by atoms with Crippen molar-refractivity contribution in [1.29, 1.82) is 0 Å². The van der Waals surface area contributed by atoms with Gasteiger partial charge in [-0.05, 0) is 90.2 Å². The van der Waals surface area contributed by atoms with Crippen LogP contribution < -0.4 is 10.2 Å². The number of carboxylic acids is 1. The van der Waals surface area contributed by atoms with Gasteiger partial charge in [0.2, 0.25) is 0 Å². The van der Waals surface area contributed by atoms with Crippen molar-refractivity contribution in [3.05, 3.63) is 104 Å². The van der Waals surface area contributed by atoms with E-state index in [1.165, 1.54) is 18.3 Å². The van der Waals surface area contributed by atoms with Crippen LogP contribution in [0.15, 0.2) is 86.8 Å². The number of hydrazone groups is 1. The van der Waals surface area contributed by atoms with Gasteiger partial charge >= 0.3 is 5.97 Å². The molecule has 35 heavy (non-hydrogen) atoms. The number of carbonyl (C=O) groups is 2. The summed E-state index contributed by atoms with van der Waals surface area (Å²) in [6.07, 6.45) is 1.47. The highest BCUT2D eigenvalue weighted by Crippen LogP contribution is 2.35. The third-order valence-electron chi connectivity index (χ3n) is 5.09. The number of carbonyl (C=O) groups excluding carboxylic acids is 1. The minimum absolute atomic E-state index is 0.124. The quantitative estimate of drug-likeness (QED) is 0.176. The van der Waals surface area contributed by atoms with E-state index in [-0.39, 0.29) is 23.5 Å². The lowest BCUT2D eigenvalue weighted by molar-refractivity contribution is 0.0696. The normalized spacial score (nSPS) is 11.0. The van der Waals surface area contributed by atoms with Crippen LogP contribution in [0.5, 0.6) is 11.5 Å². The third kappa shape index (κ3) is 5.87. The molecule has 3 N–H and O–H groups in total. The number of nitrogens with one attached hydrogen (secondary N) is 1. The number of phenolic OH excluding ortho intramolecular Hbond substituents is 1. The highest BCUT2D eigenvalue weighted by Gasteiger charge is 2.13. The molecule has 1 amide bonds. The molecule has 0 spiro atoms. The zero-order valence-corrected chi connectivity index (χ0v) is 21.2. The molecule has 176 valence electrons. The van der Waals surface area contributed by atoms with Crippen molar-refractivity contribution in [2.24, 2.45) is 5.10 Å². The van der Waals surface area contributed by atoms with Gasteiger partial charge in [0.25, 0.3) is 5.91 Å². The summed E-state index contributed by atoms with van der Waals surface area (Å²) in [4.78, 5) is 23.5. The van der Waals surface area contributed by atoms with E-state index < -0.39 is 11.9 Å². The second kappa shape index (κ2) is 10.7. The van der Waals surface area contributed by atoms with Crippen LogP contribution in [0, 0.1) is 0 Å². The summed E-state index contributed by atoms with van der Waals surface area (Å²) in [5.41, 5.74) is 4.28. The molecule has 9 heteroatoms. The second-order valence-corrected chi connectivity index (χ2v) is 9.23.